The fourth-order valence-electron chi connectivity index (χ4n) is 2.45. The standard InChI is InChI=1S/C15H20O5/c16-13(10-17-9-12-2-1-5-18-12)11-3-4-14-15(8-11)20-7-6-19-14/h3-4,8,12-13,16H,1-2,5-7,9-10H2. The van der Waals surface area contributed by atoms with Gasteiger partial charge in [-0.15, -0.1) is 0 Å². The first-order chi connectivity index (χ1) is 9.83. The topological polar surface area (TPSA) is 57.2 Å². The lowest BCUT2D eigenvalue weighted by Crippen LogP contribution is -2.18. The van der Waals surface area contributed by atoms with Gasteiger partial charge in [0.1, 0.15) is 19.3 Å². The number of hydrogen-bond acceptors (Lipinski definition) is 5. The number of ether oxygens (including phenoxy) is 4. The number of benzene rings is 1. The Hall–Kier alpha value is -1.30. The Bertz CT molecular complexity index is 442. The average Bonchev–Trinajstić information content (AvgIpc) is 3.00. The van der Waals surface area contributed by atoms with E-state index in [0.717, 1.165) is 30.8 Å². The highest BCUT2D eigenvalue weighted by Crippen LogP contribution is 2.32. The van der Waals surface area contributed by atoms with Crippen LogP contribution in [0.4, 0.5) is 0 Å². The van der Waals surface area contributed by atoms with Crippen LogP contribution in [0.5, 0.6) is 11.5 Å². The Kier molecular flexibility index (Phi) is 4.40. The Morgan fingerprint density at radius 2 is 2.05 bits per heavy atom. The first-order valence-electron chi connectivity index (χ1n) is 7.10. The van der Waals surface area contributed by atoms with Crippen LogP contribution < -0.4 is 9.47 Å². The van der Waals surface area contributed by atoms with Gasteiger partial charge < -0.3 is 24.1 Å². The Morgan fingerprint density at radius 1 is 1.20 bits per heavy atom. The van der Waals surface area contributed by atoms with E-state index in [0.29, 0.717) is 25.6 Å². The van der Waals surface area contributed by atoms with E-state index in [1.165, 1.54) is 0 Å². The van der Waals surface area contributed by atoms with Crippen molar-refractivity contribution in [2.45, 2.75) is 25.0 Å². The molecule has 2 heterocycles. The summed E-state index contributed by atoms with van der Waals surface area (Å²) in [7, 11) is 0. The van der Waals surface area contributed by atoms with Crippen LogP contribution in [0.15, 0.2) is 18.2 Å². The van der Waals surface area contributed by atoms with E-state index in [1.807, 2.05) is 18.2 Å². The Balaban J connectivity index is 1.52. The lowest BCUT2D eigenvalue weighted by Gasteiger charge is -2.20. The molecular weight excluding hydrogens is 260 g/mol. The van der Waals surface area contributed by atoms with Crippen molar-refractivity contribution in [1.29, 1.82) is 0 Å². The molecule has 0 aliphatic carbocycles. The van der Waals surface area contributed by atoms with Crippen LogP contribution in [0, 0.1) is 0 Å². The molecule has 2 unspecified atom stereocenters. The molecule has 20 heavy (non-hydrogen) atoms. The van der Waals surface area contributed by atoms with Gasteiger partial charge in [-0.25, -0.2) is 0 Å². The average molecular weight is 280 g/mol. The molecule has 110 valence electrons. The van der Waals surface area contributed by atoms with Crippen LogP contribution in [-0.2, 0) is 9.47 Å². The second kappa shape index (κ2) is 6.43. The highest BCUT2D eigenvalue weighted by atomic mass is 16.6. The maximum absolute atomic E-state index is 10.1. The zero-order valence-corrected chi connectivity index (χ0v) is 11.4. The summed E-state index contributed by atoms with van der Waals surface area (Å²) in [6.45, 7) is 2.74. The first kappa shape index (κ1) is 13.7. The fraction of sp³-hybridized carbons (Fsp3) is 0.600. The Morgan fingerprint density at radius 3 is 2.85 bits per heavy atom. The summed E-state index contributed by atoms with van der Waals surface area (Å²) in [5.41, 5.74) is 0.779. The zero-order chi connectivity index (χ0) is 13.8. The summed E-state index contributed by atoms with van der Waals surface area (Å²) >= 11 is 0. The van der Waals surface area contributed by atoms with Gasteiger partial charge in [0.05, 0.1) is 19.3 Å². The third-order valence-electron chi connectivity index (χ3n) is 3.55. The molecule has 1 aromatic rings. The van der Waals surface area contributed by atoms with Crippen molar-refractivity contribution in [1.82, 2.24) is 0 Å². The van der Waals surface area contributed by atoms with Crippen molar-refractivity contribution in [2.75, 3.05) is 33.0 Å². The van der Waals surface area contributed by atoms with Crippen molar-refractivity contribution in [3.05, 3.63) is 23.8 Å². The minimum absolute atomic E-state index is 0.183. The SMILES string of the molecule is OC(COCC1CCCO1)c1ccc2c(c1)OCCO2. The molecule has 2 aliphatic rings. The van der Waals surface area contributed by atoms with E-state index in [9.17, 15) is 5.11 Å². The molecule has 0 radical (unpaired) electrons. The first-order valence-corrected chi connectivity index (χ1v) is 7.10. The number of aliphatic hydroxyl groups is 1. The van der Waals surface area contributed by atoms with Gasteiger partial charge in [0, 0.05) is 6.61 Å². The van der Waals surface area contributed by atoms with Crippen molar-refractivity contribution in [3.8, 4) is 11.5 Å². The van der Waals surface area contributed by atoms with Crippen LogP contribution >= 0.6 is 0 Å². The van der Waals surface area contributed by atoms with Gasteiger partial charge in [0.25, 0.3) is 0 Å². The largest absolute Gasteiger partial charge is 0.486 e. The number of rotatable bonds is 5. The van der Waals surface area contributed by atoms with E-state index < -0.39 is 6.10 Å². The van der Waals surface area contributed by atoms with Gasteiger partial charge in [-0.2, -0.15) is 0 Å². The van der Waals surface area contributed by atoms with Crippen LogP contribution in [0.3, 0.4) is 0 Å². The summed E-state index contributed by atoms with van der Waals surface area (Å²) in [6, 6.07) is 5.48. The summed E-state index contributed by atoms with van der Waals surface area (Å²) in [5.74, 6) is 1.42. The van der Waals surface area contributed by atoms with Gasteiger partial charge in [-0.05, 0) is 30.5 Å². The van der Waals surface area contributed by atoms with Crippen molar-refractivity contribution >= 4 is 0 Å². The molecule has 0 spiro atoms. The number of aliphatic hydroxyl groups excluding tert-OH is 1. The summed E-state index contributed by atoms with van der Waals surface area (Å²) in [4.78, 5) is 0. The molecule has 1 aromatic carbocycles. The molecule has 2 aliphatic heterocycles. The van der Waals surface area contributed by atoms with Gasteiger partial charge in [-0.3, -0.25) is 0 Å². The van der Waals surface area contributed by atoms with Gasteiger partial charge in [0.2, 0.25) is 0 Å². The molecule has 0 aromatic heterocycles. The quantitative estimate of drug-likeness (QED) is 0.889. The fourth-order valence-corrected chi connectivity index (χ4v) is 2.45. The molecule has 3 rings (SSSR count). The molecule has 1 N–H and O–H groups in total. The normalized spacial score (nSPS) is 22.8. The van der Waals surface area contributed by atoms with E-state index in [4.69, 9.17) is 18.9 Å². The maximum Gasteiger partial charge on any atom is 0.161 e. The van der Waals surface area contributed by atoms with E-state index in [1.54, 1.807) is 0 Å². The molecule has 5 nitrogen and oxygen atoms in total. The smallest absolute Gasteiger partial charge is 0.161 e. The molecular formula is C15H20O5. The van der Waals surface area contributed by atoms with Crippen molar-refractivity contribution < 1.29 is 24.1 Å². The predicted molar refractivity (Wildman–Crippen MR) is 72.2 cm³/mol. The molecule has 1 fully saturated rings. The third kappa shape index (κ3) is 3.23. The molecule has 1 saturated heterocycles. The van der Waals surface area contributed by atoms with Gasteiger partial charge in [-0.1, -0.05) is 6.07 Å². The van der Waals surface area contributed by atoms with Crippen LogP contribution in [0.25, 0.3) is 0 Å². The lowest BCUT2D eigenvalue weighted by atomic mass is 10.1. The van der Waals surface area contributed by atoms with Crippen LogP contribution in [-0.4, -0.2) is 44.2 Å². The number of fused-ring (bicyclic) bond motifs is 1. The third-order valence-corrected chi connectivity index (χ3v) is 3.55. The highest BCUT2D eigenvalue weighted by Gasteiger charge is 2.18. The van der Waals surface area contributed by atoms with Gasteiger partial charge in [0.15, 0.2) is 11.5 Å². The zero-order valence-electron chi connectivity index (χ0n) is 11.4. The molecule has 0 saturated carbocycles. The van der Waals surface area contributed by atoms with E-state index in [2.05, 4.69) is 0 Å². The molecule has 0 bridgehead atoms. The summed E-state index contributed by atoms with van der Waals surface area (Å²) in [5, 5.41) is 10.1. The van der Waals surface area contributed by atoms with E-state index in [-0.39, 0.29) is 12.7 Å². The summed E-state index contributed by atoms with van der Waals surface area (Å²) in [6.07, 6.45) is 1.66. The van der Waals surface area contributed by atoms with Crippen LogP contribution in [0.2, 0.25) is 0 Å². The minimum atomic E-state index is -0.660. The maximum atomic E-state index is 10.1. The Labute approximate surface area is 118 Å². The monoisotopic (exact) mass is 280 g/mol. The lowest BCUT2D eigenvalue weighted by molar-refractivity contribution is -0.0177. The van der Waals surface area contributed by atoms with Crippen molar-refractivity contribution in [3.63, 3.8) is 0 Å². The van der Waals surface area contributed by atoms with Crippen molar-refractivity contribution in [2.24, 2.45) is 0 Å². The predicted octanol–water partition coefficient (Wildman–Crippen LogP) is 1.69. The second-order valence-electron chi connectivity index (χ2n) is 5.09. The van der Waals surface area contributed by atoms with Crippen LogP contribution in [0.1, 0.15) is 24.5 Å². The minimum Gasteiger partial charge on any atom is -0.486 e. The number of hydrogen-bond donors (Lipinski definition) is 1. The summed E-state index contributed by atoms with van der Waals surface area (Å²) < 4.78 is 22.0. The second-order valence-corrected chi connectivity index (χ2v) is 5.09. The van der Waals surface area contributed by atoms with E-state index >= 15 is 0 Å². The molecule has 5 heteroatoms. The van der Waals surface area contributed by atoms with Gasteiger partial charge >= 0.3 is 0 Å². The highest BCUT2D eigenvalue weighted by molar-refractivity contribution is 5.44. The molecule has 2 atom stereocenters. The molecule has 0 amide bonds.